The molecule has 0 fully saturated rings. The number of carbonyl (C=O) groups excluding carboxylic acids is 2. The zero-order valence-electron chi connectivity index (χ0n) is 25.4. The van der Waals surface area contributed by atoms with Crippen molar-refractivity contribution in [1.29, 1.82) is 0 Å². The molecule has 0 amide bonds. The van der Waals surface area contributed by atoms with Crippen LogP contribution >= 0.6 is 0 Å². The van der Waals surface area contributed by atoms with E-state index >= 15 is 0 Å². The molecule has 43 heavy (non-hydrogen) atoms. The van der Waals surface area contributed by atoms with Gasteiger partial charge in [0.1, 0.15) is 12.2 Å². The summed E-state index contributed by atoms with van der Waals surface area (Å²) in [6.07, 6.45) is 0.177. The lowest BCUT2D eigenvalue weighted by Crippen LogP contribution is -2.36. The number of carbonyl (C=O) groups is 2. The second kappa shape index (κ2) is 12.3. The molecule has 4 heteroatoms. The van der Waals surface area contributed by atoms with E-state index in [0.29, 0.717) is 24.0 Å². The van der Waals surface area contributed by atoms with Gasteiger partial charge in [0.05, 0.1) is 0 Å². The highest BCUT2D eigenvalue weighted by molar-refractivity contribution is 5.89. The highest BCUT2D eigenvalue weighted by Gasteiger charge is 2.46. The third kappa shape index (κ3) is 6.10. The summed E-state index contributed by atoms with van der Waals surface area (Å²) in [7, 11) is 0. The molecule has 1 aliphatic carbocycles. The van der Waals surface area contributed by atoms with E-state index in [1.54, 1.807) is 13.8 Å². The summed E-state index contributed by atoms with van der Waals surface area (Å²) in [5.74, 6) is -0.830. The van der Waals surface area contributed by atoms with Crippen LogP contribution in [-0.4, -0.2) is 24.1 Å². The highest BCUT2D eigenvalue weighted by Crippen LogP contribution is 2.55. The summed E-state index contributed by atoms with van der Waals surface area (Å²) >= 11 is 0. The molecule has 4 aromatic carbocycles. The molecule has 0 heterocycles. The quantitative estimate of drug-likeness (QED) is 0.141. The van der Waals surface area contributed by atoms with Gasteiger partial charge in [-0.1, -0.05) is 98.1 Å². The largest absolute Gasteiger partial charge is 0.459 e. The van der Waals surface area contributed by atoms with Crippen LogP contribution in [0.1, 0.15) is 51.7 Å². The predicted molar refractivity (Wildman–Crippen MR) is 173 cm³/mol. The Morgan fingerprint density at radius 3 is 1.33 bits per heavy atom. The standard InChI is InChI=1S/C39H38O4/c1-25(2)37(40)42-27(5)23-39(24-28(6)43-38(41)26(3)4)35-19-17-31(29-13-9-7-10-14-29)21-33(35)34-22-32(18-20-36(34)39)30-15-11-8-12-16-30/h7-22,27-28H,1,3,23-24H2,2,4-6H3. The second-order valence-corrected chi connectivity index (χ2v) is 11.7. The van der Waals surface area contributed by atoms with Crippen molar-refractivity contribution in [2.24, 2.45) is 0 Å². The minimum absolute atomic E-state index is 0.358. The number of fused-ring (bicyclic) bond motifs is 3. The number of benzene rings is 4. The normalized spacial score (nSPS) is 14.1. The monoisotopic (exact) mass is 570 g/mol. The van der Waals surface area contributed by atoms with Crippen molar-refractivity contribution in [3.8, 4) is 33.4 Å². The average Bonchev–Trinajstić information content (AvgIpc) is 3.25. The van der Waals surface area contributed by atoms with Gasteiger partial charge in [0, 0.05) is 16.6 Å². The molecule has 0 saturated carbocycles. The van der Waals surface area contributed by atoms with Gasteiger partial charge in [-0.3, -0.25) is 0 Å². The van der Waals surface area contributed by atoms with E-state index < -0.39 is 29.6 Å². The Balaban J connectivity index is 1.70. The van der Waals surface area contributed by atoms with E-state index in [-0.39, 0.29) is 0 Å². The van der Waals surface area contributed by atoms with Crippen LogP contribution in [-0.2, 0) is 24.5 Å². The lowest BCUT2D eigenvalue weighted by molar-refractivity contribution is -0.144. The maximum Gasteiger partial charge on any atom is 0.333 e. The van der Waals surface area contributed by atoms with Crippen LogP contribution < -0.4 is 0 Å². The summed E-state index contributed by atoms with van der Waals surface area (Å²) in [6.45, 7) is 14.7. The van der Waals surface area contributed by atoms with Crippen molar-refractivity contribution in [1.82, 2.24) is 0 Å². The molecule has 0 aliphatic heterocycles. The van der Waals surface area contributed by atoms with E-state index in [0.717, 1.165) is 44.5 Å². The van der Waals surface area contributed by atoms with Crippen molar-refractivity contribution in [3.63, 3.8) is 0 Å². The Morgan fingerprint density at radius 1 is 0.605 bits per heavy atom. The Bertz CT molecular complexity index is 1560. The minimum atomic E-state index is -0.585. The van der Waals surface area contributed by atoms with E-state index in [1.165, 1.54) is 0 Å². The molecule has 5 rings (SSSR count). The van der Waals surface area contributed by atoms with Crippen molar-refractivity contribution >= 4 is 11.9 Å². The van der Waals surface area contributed by atoms with Gasteiger partial charge in [-0.25, -0.2) is 9.59 Å². The maximum absolute atomic E-state index is 12.6. The third-order valence-electron chi connectivity index (χ3n) is 8.16. The van der Waals surface area contributed by atoms with E-state index in [4.69, 9.17) is 9.47 Å². The molecule has 2 atom stereocenters. The Kier molecular flexibility index (Phi) is 8.50. The SMILES string of the molecule is C=C(C)C(=O)OC(C)CC1(CC(C)OC(=O)C(=C)C)c2ccc(-c3ccccc3)cc2-c2cc(-c3ccccc3)ccc21. The van der Waals surface area contributed by atoms with Gasteiger partial charge in [0.2, 0.25) is 0 Å². The molecular weight excluding hydrogens is 532 g/mol. The third-order valence-corrected chi connectivity index (χ3v) is 8.16. The first-order valence-corrected chi connectivity index (χ1v) is 14.7. The van der Waals surface area contributed by atoms with Crippen molar-refractivity contribution < 1.29 is 19.1 Å². The molecule has 0 spiro atoms. The summed E-state index contributed by atoms with van der Waals surface area (Å²) in [5.41, 5.74) is 9.16. The first kappa shape index (κ1) is 29.8. The van der Waals surface area contributed by atoms with Crippen LogP contribution in [0.3, 0.4) is 0 Å². The predicted octanol–water partition coefficient (Wildman–Crippen LogP) is 9.08. The van der Waals surface area contributed by atoms with Gasteiger partial charge in [-0.2, -0.15) is 0 Å². The molecule has 0 radical (unpaired) electrons. The fourth-order valence-corrected chi connectivity index (χ4v) is 6.29. The average molecular weight is 571 g/mol. The highest BCUT2D eigenvalue weighted by atomic mass is 16.5. The summed E-state index contributed by atoms with van der Waals surface area (Å²) in [4.78, 5) is 25.1. The van der Waals surface area contributed by atoms with Gasteiger partial charge in [-0.05, 0) is 97.2 Å². The molecule has 2 unspecified atom stereocenters. The second-order valence-electron chi connectivity index (χ2n) is 11.7. The number of esters is 2. The lowest BCUT2D eigenvalue weighted by atomic mass is 9.70. The van der Waals surface area contributed by atoms with E-state index in [9.17, 15) is 9.59 Å². The molecule has 0 aromatic heterocycles. The lowest BCUT2D eigenvalue weighted by Gasteiger charge is -2.36. The molecule has 0 bridgehead atoms. The summed E-state index contributed by atoms with van der Waals surface area (Å²) < 4.78 is 11.7. The number of rotatable bonds is 10. The first-order chi connectivity index (χ1) is 20.6. The smallest absolute Gasteiger partial charge is 0.333 e. The number of hydrogen-bond acceptors (Lipinski definition) is 4. The fourth-order valence-electron chi connectivity index (χ4n) is 6.29. The molecule has 218 valence electrons. The van der Waals surface area contributed by atoms with Crippen molar-refractivity contribution in [2.75, 3.05) is 0 Å². The summed E-state index contributed by atoms with van der Waals surface area (Å²) in [5, 5.41) is 0. The van der Waals surface area contributed by atoms with Gasteiger partial charge in [0.15, 0.2) is 0 Å². The van der Waals surface area contributed by atoms with Gasteiger partial charge >= 0.3 is 11.9 Å². The molecule has 4 nitrogen and oxygen atoms in total. The van der Waals surface area contributed by atoms with E-state index in [2.05, 4.69) is 73.8 Å². The molecule has 0 saturated heterocycles. The number of hydrogen-bond donors (Lipinski definition) is 0. The molecule has 4 aromatic rings. The van der Waals surface area contributed by atoms with Crippen molar-refractivity contribution in [2.45, 2.75) is 58.2 Å². The van der Waals surface area contributed by atoms with Crippen LogP contribution in [0.4, 0.5) is 0 Å². The number of ether oxygens (including phenoxy) is 2. The molecule has 1 aliphatic rings. The Labute approximate surface area is 254 Å². The van der Waals surface area contributed by atoms with Gasteiger partial charge < -0.3 is 9.47 Å². The van der Waals surface area contributed by atoms with Crippen LogP contribution in [0.15, 0.2) is 121 Å². The van der Waals surface area contributed by atoms with Crippen LogP contribution in [0.25, 0.3) is 33.4 Å². The van der Waals surface area contributed by atoms with Gasteiger partial charge in [0.25, 0.3) is 0 Å². The fraction of sp³-hybridized carbons (Fsp3) is 0.231. The van der Waals surface area contributed by atoms with E-state index in [1.807, 2.05) is 50.2 Å². The Morgan fingerprint density at radius 2 is 0.977 bits per heavy atom. The zero-order valence-corrected chi connectivity index (χ0v) is 25.4. The van der Waals surface area contributed by atoms with Crippen LogP contribution in [0, 0.1) is 0 Å². The topological polar surface area (TPSA) is 52.6 Å². The first-order valence-electron chi connectivity index (χ1n) is 14.7. The van der Waals surface area contributed by atoms with Crippen LogP contribution in [0.2, 0.25) is 0 Å². The zero-order chi connectivity index (χ0) is 30.7. The van der Waals surface area contributed by atoms with Gasteiger partial charge in [-0.15, -0.1) is 0 Å². The van der Waals surface area contributed by atoms with Crippen LogP contribution in [0.5, 0.6) is 0 Å². The molecular formula is C39H38O4. The molecule has 0 N–H and O–H groups in total. The van der Waals surface area contributed by atoms with Crippen molar-refractivity contribution in [3.05, 3.63) is 132 Å². The summed E-state index contributed by atoms with van der Waals surface area (Å²) in [6, 6.07) is 33.9. The Hall–Kier alpha value is -4.70. The minimum Gasteiger partial charge on any atom is -0.459 e. The maximum atomic E-state index is 12.6.